The highest BCUT2D eigenvalue weighted by Gasteiger charge is 2.14. The third-order valence-electron chi connectivity index (χ3n) is 1.86. The highest BCUT2D eigenvalue weighted by Crippen LogP contribution is 2.19. The number of halogens is 1. The average molecular weight is 184 g/mol. The van der Waals surface area contributed by atoms with Gasteiger partial charge < -0.3 is 10.2 Å². The number of hydrogen-bond donors (Lipinski definition) is 2. The fraction of sp³-hybridized carbons (Fsp3) is 0.400. The van der Waals surface area contributed by atoms with Crippen molar-refractivity contribution in [3.8, 4) is 0 Å². The lowest BCUT2D eigenvalue weighted by molar-refractivity contribution is 0.0303. The van der Waals surface area contributed by atoms with Crippen LogP contribution >= 0.6 is 0 Å². The summed E-state index contributed by atoms with van der Waals surface area (Å²) < 4.78 is 12.9. The Hall–Kier alpha value is -0.930. The molecule has 0 aliphatic heterocycles. The topological polar surface area (TPSA) is 40.5 Å². The molecule has 13 heavy (non-hydrogen) atoms. The van der Waals surface area contributed by atoms with E-state index in [1.807, 2.05) is 0 Å². The predicted octanol–water partition coefficient (Wildman–Crippen LogP) is 1.55. The molecule has 2 atom stereocenters. The molecule has 0 amide bonds. The van der Waals surface area contributed by atoms with E-state index < -0.39 is 18.0 Å². The molecule has 0 saturated carbocycles. The molecule has 2 nitrogen and oxygen atoms in total. The Morgan fingerprint density at radius 1 is 1.23 bits per heavy atom. The molecule has 2 unspecified atom stereocenters. The molecular formula is C10H13FO2. The number of aryl methyl sites for hydroxylation is 1. The average Bonchev–Trinajstić information content (AvgIpc) is 2.01. The van der Waals surface area contributed by atoms with E-state index in [-0.39, 0.29) is 0 Å². The fourth-order valence-electron chi connectivity index (χ4n) is 1.21. The van der Waals surface area contributed by atoms with Gasteiger partial charge >= 0.3 is 0 Å². The zero-order chi connectivity index (χ0) is 10.0. The van der Waals surface area contributed by atoms with Gasteiger partial charge in [0.1, 0.15) is 11.9 Å². The number of benzene rings is 1. The normalized spacial score (nSPS) is 15.5. The SMILES string of the molecule is Cc1cc(F)cc(C(O)C(C)O)c1. The second kappa shape index (κ2) is 3.85. The van der Waals surface area contributed by atoms with E-state index in [0.717, 1.165) is 5.56 Å². The lowest BCUT2D eigenvalue weighted by Crippen LogP contribution is -2.14. The van der Waals surface area contributed by atoms with Crippen molar-refractivity contribution >= 4 is 0 Å². The van der Waals surface area contributed by atoms with E-state index in [2.05, 4.69) is 0 Å². The Balaban J connectivity index is 3.01. The van der Waals surface area contributed by atoms with Crippen molar-refractivity contribution in [3.05, 3.63) is 35.1 Å². The van der Waals surface area contributed by atoms with Gasteiger partial charge in [-0.05, 0) is 37.1 Å². The molecule has 72 valence electrons. The first kappa shape index (κ1) is 10.2. The van der Waals surface area contributed by atoms with Crippen LogP contribution in [0.2, 0.25) is 0 Å². The maximum atomic E-state index is 12.9. The first-order valence-corrected chi connectivity index (χ1v) is 4.14. The molecule has 0 saturated heterocycles. The first-order valence-electron chi connectivity index (χ1n) is 4.14. The molecule has 3 heteroatoms. The molecule has 1 rings (SSSR count). The van der Waals surface area contributed by atoms with Crippen molar-refractivity contribution in [1.82, 2.24) is 0 Å². The van der Waals surface area contributed by atoms with Crippen LogP contribution in [0.5, 0.6) is 0 Å². The van der Waals surface area contributed by atoms with E-state index in [1.165, 1.54) is 19.1 Å². The summed E-state index contributed by atoms with van der Waals surface area (Å²) in [5.74, 6) is -0.394. The Bertz CT molecular complexity index is 277. The molecule has 1 aromatic carbocycles. The van der Waals surface area contributed by atoms with Crippen LogP contribution in [0, 0.1) is 12.7 Å². The summed E-state index contributed by atoms with van der Waals surface area (Å²) in [5, 5.41) is 18.5. The number of aliphatic hydroxyl groups is 2. The molecule has 0 heterocycles. The van der Waals surface area contributed by atoms with Gasteiger partial charge in [-0.3, -0.25) is 0 Å². The Morgan fingerprint density at radius 3 is 2.31 bits per heavy atom. The van der Waals surface area contributed by atoms with E-state index in [4.69, 9.17) is 5.11 Å². The van der Waals surface area contributed by atoms with Crippen molar-refractivity contribution < 1.29 is 14.6 Å². The molecule has 0 aliphatic carbocycles. The molecular weight excluding hydrogens is 171 g/mol. The van der Waals surface area contributed by atoms with Crippen LogP contribution in [-0.2, 0) is 0 Å². The summed E-state index contributed by atoms with van der Waals surface area (Å²) >= 11 is 0. The minimum absolute atomic E-state index is 0.394. The van der Waals surface area contributed by atoms with E-state index in [9.17, 15) is 9.50 Å². The van der Waals surface area contributed by atoms with Gasteiger partial charge in [0, 0.05) is 0 Å². The smallest absolute Gasteiger partial charge is 0.123 e. The second-order valence-corrected chi connectivity index (χ2v) is 3.25. The summed E-state index contributed by atoms with van der Waals surface area (Å²) in [4.78, 5) is 0. The maximum Gasteiger partial charge on any atom is 0.123 e. The number of aliphatic hydroxyl groups excluding tert-OH is 2. The van der Waals surface area contributed by atoms with Gasteiger partial charge in [0.05, 0.1) is 6.10 Å². The molecule has 0 bridgehead atoms. The molecule has 0 fully saturated rings. The molecule has 0 radical (unpaired) electrons. The lowest BCUT2D eigenvalue weighted by atomic mass is 10.0. The van der Waals surface area contributed by atoms with Crippen molar-refractivity contribution in [2.75, 3.05) is 0 Å². The standard InChI is InChI=1S/C10H13FO2/c1-6-3-8(5-9(11)4-6)10(13)7(2)12/h3-5,7,10,12-13H,1-2H3. The summed E-state index contributed by atoms with van der Waals surface area (Å²) in [6.45, 7) is 3.20. The van der Waals surface area contributed by atoms with Crippen LogP contribution in [-0.4, -0.2) is 16.3 Å². The maximum absolute atomic E-state index is 12.9. The zero-order valence-corrected chi connectivity index (χ0v) is 7.66. The second-order valence-electron chi connectivity index (χ2n) is 3.25. The van der Waals surface area contributed by atoms with Crippen LogP contribution in [0.3, 0.4) is 0 Å². The van der Waals surface area contributed by atoms with Gasteiger partial charge in [-0.1, -0.05) is 6.07 Å². The zero-order valence-electron chi connectivity index (χ0n) is 7.66. The third kappa shape index (κ3) is 2.50. The van der Waals surface area contributed by atoms with Crippen molar-refractivity contribution in [3.63, 3.8) is 0 Å². The van der Waals surface area contributed by atoms with Gasteiger partial charge in [-0.25, -0.2) is 4.39 Å². The van der Waals surface area contributed by atoms with Crippen molar-refractivity contribution in [2.24, 2.45) is 0 Å². The third-order valence-corrected chi connectivity index (χ3v) is 1.86. The van der Waals surface area contributed by atoms with Crippen LogP contribution in [0.15, 0.2) is 18.2 Å². The predicted molar refractivity (Wildman–Crippen MR) is 47.8 cm³/mol. The van der Waals surface area contributed by atoms with Gasteiger partial charge in [0.25, 0.3) is 0 Å². The van der Waals surface area contributed by atoms with Gasteiger partial charge in [0.15, 0.2) is 0 Å². The highest BCUT2D eigenvalue weighted by molar-refractivity contribution is 5.25. The lowest BCUT2D eigenvalue weighted by Gasteiger charge is -2.14. The number of hydrogen-bond acceptors (Lipinski definition) is 2. The van der Waals surface area contributed by atoms with Crippen LogP contribution in [0.1, 0.15) is 24.2 Å². The molecule has 1 aromatic rings. The van der Waals surface area contributed by atoms with Gasteiger partial charge in [-0.15, -0.1) is 0 Å². The molecule has 0 aromatic heterocycles. The molecule has 2 N–H and O–H groups in total. The van der Waals surface area contributed by atoms with E-state index >= 15 is 0 Å². The minimum atomic E-state index is -1.02. The van der Waals surface area contributed by atoms with Crippen molar-refractivity contribution in [1.29, 1.82) is 0 Å². The summed E-state index contributed by atoms with van der Waals surface area (Å²) in [6, 6.07) is 4.25. The number of rotatable bonds is 2. The Kier molecular flexibility index (Phi) is 3.01. The quantitative estimate of drug-likeness (QED) is 0.732. The van der Waals surface area contributed by atoms with Gasteiger partial charge in [0.2, 0.25) is 0 Å². The summed E-state index contributed by atoms with van der Waals surface area (Å²) in [7, 11) is 0. The summed E-state index contributed by atoms with van der Waals surface area (Å²) in [5.41, 5.74) is 1.14. The van der Waals surface area contributed by atoms with Gasteiger partial charge in [-0.2, -0.15) is 0 Å². The Labute approximate surface area is 76.6 Å². The van der Waals surface area contributed by atoms with Crippen LogP contribution < -0.4 is 0 Å². The first-order chi connectivity index (χ1) is 6.00. The largest absolute Gasteiger partial charge is 0.390 e. The van der Waals surface area contributed by atoms with E-state index in [0.29, 0.717) is 5.56 Å². The fourth-order valence-corrected chi connectivity index (χ4v) is 1.21. The monoisotopic (exact) mass is 184 g/mol. The van der Waals surface area contributed by atoms with Crippen molar-refractivity contribution in [2.45, 2.75) is 26.1 Å². The van der Waals surface area contributed by atoms with Crippen LogP contribution in [0.4, 0.5) is 4.39 Å². The van der Waals surface area contributed by atoms with E-state index in [1.54, 1.807) is 13.0 Å². The molecule has 0 spiro atoms. The van der Waals surface area contributed by atoms with Crippen LogP contribution in [0.25, 0.3) is 0 Å². The highest BCUT2D eigenvalue weighted by atomic mass is 19.1. The molecule has 0 aliphatic rings. The Morgan fingerprint density at radius 2 is 1.85 bits per heavy atom. The minimum Gasteiger partial charge on any atom is -0.390 e. The summed E-state index contributed by atoms with van der Waals surface area (Å²) in [6.07, 6.45) is -1.91.